The van der Waals surface area contributed by atoms with Crippen LogP contribution in [0.2, 0.25) is 0 Å². The SMILES string of the molecule is CC(Nc1cc(-c2cc(C3CCN(C)CC3)nnc2-c2cccc(C(F)(F)F)c2)ccn1)c1ccccc1.CN1CCC(c2cc(-c3ccnc(F)c3)c(-c3cccc(C(F)(F)F)c3)nn2)CC1. The van der Waals surface area contributed by atoms with E-state index in [9.17, 15) is 30.7 Å². The van der Waals surface area contributed by atoms with Crippen molar-refractivity contribution in [1.82, 2.24) is 40.2 Å². The van der Waals surface area contributed by atoms with Crippen molar-refractivity contribution < 1.29 is 30.7 Å². The zero-order chi connectivity index (χ0) is 48.0. The Hall–Kier alpha value is -6.65. The number of likely N-dealkylation sites (tertiary alicyclic amines) is 2. The number of halogens is 7. The van der Waals surface area contributed by atoms with Crippen LogP contribution in [0, 0.1) is 5.95 Å². The molecule has 16 heteroatoms. The number of rotatable bonds is 9. The zero-order valence-electron chi connectivity index (χ0n) is 37.7. The lowest BCUT2D eigenvalue weighted by atomic mass is 9.91. The maximum absolute atomic E-state index is 13.8. The lowest BCUT2D eigenvalue weighted by Crippen LogP contribution is -2.29. The van der Waals surface area contributed by atoms with Crippen molar-refractivity contribution in [2.75, 3.05) is 45.6 Å². The largest absolute Gasteiger partial charge is 0.416 e. The van der Waals surface area contributed by atoms with E-state index in [-0.39, 0.29) is 29.1 Å². The van der Waals surface area contributed by atoms with Gasteiger partial charge < -0.3 is 15.1 Å². The molecule has 2 aliphatic heterocycles. The van der Waals surface area contributed by atoms with E-state index in [1.165, 1.54) is 24.4 Å². The topological polar surface area (TPSA) is 95.8 Å². The van der Waals surface area contributed by atoms with Gasteiger partial charge in [-0.25, -0.2) is 9.97 Å². The van der Waals surface area contributed by atoms with Crippen molar-refractivity contribution in [3.8, 4) is 44.8 Å². The van der Waals surface area contributed by atoms with Gasteiger partial charge in [-0.15, -0.1) is 10.2 Å². The van der Waals surface area contributed by atoms with E-state index in [1.54, 1.807) is 24.4 Å². The van der Waals surface area contributed by atoms with E-state index in [2.05, 4.69) is 66.5 Å². The van der Waals surface area contributed by atoms with Crippen LogP contribution in [0.4, 0.5) is 36.6 Å². The molecule has 0 radical (unpaired) electrons. The van der Waals surface area contributed by atoms with Crippen molar-refractivity contribution in [2.45, 2.75) is 62.8 Å². The van der Waals surface area contributed by atoms with Gasteiger partial charge in [0, 0.05) is 58.6 Å². The molecular formula is C52H50F7N9. The first-order valence-electron chi connectivity index (χ1n) is 22.5. The van der Waals surface area contributed by atoms with Crippen LogP contribution >= 0.6 is 0 Å². The maximum atomic E-state index is 13.8. The van der Waals surface area contributed by atoms with E-state index in [4.69, 9.17) is 0 Å². The zero-order valence-corrected chi connectivity index (χ0v) is 37.7. The quantitative estimate of drug-likeness (QED) is 0.112. The number of hydrogen-bond acceptors (Lipinski definition) is 9. The summed E-state index contributed by atoms with van der Waals surface area (Å²) in [5, 5.41) is 21.1. The molecule has 2 fully saturated rings. The minimum Gasteiger partial charge on any atom is -0.364 e. The molecule has 0 bridgehead atoms. The second kappa shape index (κ2) is 20.7. The van der Waals surface area contributed by atoms with Gasteiger partial charge in [0.2, 0.25) is 5.95 Å². The van der Waals surface area contributed by atoms with Crippen molar-refractivity contribution in [3.63, 3.8) is 0 Å². The third-order valence-corrected chi connectivity index (χ3v) is 12.6. The standard InChI is InChI=1S/C30H30F3N5.C22H20F4N4/c1-20(21-7-4-3-5-8-21)35-28-18-23(11-14-34-28)26-19-27(22-12-15-38(2)16-13-22)36-37-29(26)24-9-6-10-25(17-24)30(31,32)33;1-30-9-6-14(7-10-30)19-13-18(15-5-8-27-20(23)12-15)21(29-28-19)16-3-2-4-17(11-16)22(24,25)26/h3-11,14,17-20,22H,12-13,15-16H2,1-2H3,(H,34,35);2-5,8,11-14H,6-7,9-10H2,1H3. The second-order valence-electron chi connectivity index (χ2n) is 17.4. The Morgan fingerprint density at radius 1 is 0.529 bits per heavy atom. The van der Waals surface area contributed by atoms with Crippen molar-refractivity contribution in [1.29, 1.82) is 0 Å². The summed E-state index contributed by atoms with van der Waals surface area (Å²) in [6.45, 7) is 5.86. The van der Waals surface area contributed by atoms with Gasteiger partial charge in [-0.3, -0.25) is 0 Å². The molecule has 9 nitrogen and oxygen atoms in total. The van der Waals surface area contributed by atoms with E-state index in [0.717, 1.165) is 104 Å². The number of anilines is 1. The average Bonchev–Trinajstić information content (AvgIpc) is 3.34. The average molecular weight is 934 g/mol. The molecule has 68 heavy (non-hydrogen) atoms. The van der Waals surface area contributed by atoms with Crippen LogP contribution in [0.1, 0.15) is 78.6 Å². The van der Waals surface area contributed by atoms with Gasteiger partial charge in [-0.2, -0.15) is 40.9 Å². The van der Waals surface area contributed by atoms with Crippen LogP contribution in [0.3, 0.4) is 0 Å². The molecule has 1 N–H and O–H groups in total. The van der Waals surface area contributed by atoms with E-state index in [1.807, 2.05) is 54.6 Å². The highest BCUT2D eigenvalue weighted by Gasteiger charge is 2.32. The summed E-state index contributed by atoms with van der Waals surface area (Å²) >= 11 is 0. The molecule has 0 spiro atoms. The molecule has 0 amide bonds. The molecular weight excluding hydrogens is 884 g/mol. The van der Waals surface area contributed by atoms with Gasteiger partial charge in [0.1, 0.15) is 17.2 Å². The number of piperidine rings is 2. The van der Waals surface area contributed by atoms with Gasteiger partial charge in [0.05, 0.1) is 22.5 Å². The first-order chi connectivity index (χ1) is 32.6. The number of nitrogens with one attached hydrogen (secondary N) is 1. The fraction of sp³-hybridized carbons (Fsp3) is 0.308. The summed E-state index contributed by atoms with van der Waals surface area (Å²) in [4.78, 5) is 12.6. The molecule has 1 atom stereocenters. The highest BCUT2D eigenvalue weighted by molar-refractivity contribution is 5.82. The molecule has 1 unspecified atom stereocenters. The maximum Gasteiger partial charge on any atom is 0.416 e. The van der Waals surface area contributed by atoms with Crippen LogP contribution in [-0.2, 0) is 12.4 Å². The lowest BCUT2D eigenvalue weighted by Gasteiger charge is -2.28. The summed E-state index contributed by atoms with van der Waals surface area (Å²) in [5.41, 5.74) is 5.23. The Kier molecular flexibility index (Phi) is 14.6. The number of benzene rings is 3. The smallest absolute Gasteiger partial charge is 0.364 e. The molecule has 9 rings (SSSR count). The van der Waals surface area contributed by atoms with Crippen LogP contribution in [0.5, 0.6) is 0 Å². The molecule has 4 aromatic heterocycles. The summed E-state index contributed by atoms with van der Waals surface area (Å²) < 4.78 is 93.9. The first kappa shape index (κ1) is 47.8. The Bertz CT molecular complexity index is 2800. The van der Waals surface area contributed by atoms with Crippen molar-refractivity contribution in [2.24, 2.45) is 0 Å². The number of hydrogen-bond donors (Lipinski definition) is 1. The van der Waals surface area contributed by atoms with Crippen LogP contribution in [0.15, 0.2) is 128 Å². The van der Waals surface area contributed by atoms with Crippen LogP contribution in [-0.4, -0.2) is 80.4 Å². The summed E-state index contributed by atoms with van der Waals surface area (Å²) in [7, 11) is 4.16. The molecule has 0 aliphatic carbocycles. The third kappa shape index (κ3) is 11.7. The Balaban J connectivity index is 0.000000189. The fourth-order valence-electron chi connectivity index (χ4n) is 8.67. The highest BCUT2D eigenvalue weighted by atomic mass is 19.4. The van der Waals surface area contributed by atoms with E-state index in [0.29, 0.717) is 28.2 Å². The molecule has 352 valence electrons. The molecule has 0 saturated carbocycles. The summed E-state index contributed by atoms with van der Waals surface area (Å²) in [5.74, 6) is 0.465. The number of alkyl halides is 6. The Morgan fingerprint density at radius 2 is 1.00 bits per heavy atom. The molecule has 3 aromatic carbocycles. The minimum absolute atomic E-state index is 0.0206. The predicted molar refractivity (Wildman–Crippen MR) is 249 cm³/mol. The second-order valence-corrected chi connectivity index (χ2v) is 17.4. The van der Waals surface area contributed by atoms with E-state index < -0.39 is 29.4 Å². The fourth-order valence-corrected chi connectivity index (χ4v) is 8.67. The normalized spacial score (nSPS) is 15.9. The van der Waals surface area contributed by atoms with Gasteiger partial charge >= 0.3 is 12.4 Å². The van der Waals surface area contributed by atoms with Crippen molar-refractivity contribution >= 4 is 5.82 Å². The monoisotopic (exact) mass is 933 g/mol. The van der Waals surface area contributed by atoms with Gasteiger partial charge in [-0.1, -0.05) is 54.6 Å². The lowest BCUT2D eigenvalue weighted by molar-refractivity contribution is -0.138. The summed E-state index contributed by atoms with van der Waals surface area (Å²) in [6, 6.07) is 30.8. The number of pyridine rings is 2. The van der Waals surface area contributed by atoms with Gasteiger partial charge in [0.15, 0.2) is 0 Å². The predicted octanol–water partition coefficient (Wildman–Crippen LogP) is 12.4. The van der Waals surface area contributed by atoms with Crippen molar-refractivity contribution in [3.05, 3.63) is 162 Å². The highest BCUT2D eigenvalue weighted by Crippen LogP contribution is 2.40. The Labute approximate surface area is 390 Å². The van der Waals surface area contributed by atoms with E-state index >= 15 is 0 Å². The first-order valence-corrected chi connectivity index (χ1v) is 22.5. The van der Waals surface area contributed by atoms with Gasteiger partial charge in [0.25, 0.3) is 0 Å². The number of nitrogens with zero attached hydrogens (tertiary/aromatic N) is 8. The molecule has 2 aliphatic rings. The summed E-state index contributed by atoms with van der Waals surface area (Å²) in [6.07, 6.45) is -2.12. The molecule has 7 aromatic rings. The number of aromatic nitrogens is 6. The van der Waals surface area contributed by atoms with Crippen LogP contribution < -0.4 is 5.32 Å². The molecule has 2 saturated heterocycles. The minimum atomic E-state index is -4.47. The Morgan fingerprint density at radius 3 is 1.47 bits per heavy atom. The molecule has 6 heterocycles. The van der Waals surface area contributed by atoms with Crippen LogP contribution in [0.25, 0.3) is 44.8 Å². The third-order valence-electron chi connectivity index (χ3n) is 12.6. The van der Waals surface area contributed by atoms with Gasteiger partial charge in [-0.05, 0) is 144 Å².